The van der Waals surface area contributed by atoms with E-state index in [0.717, 1.165) is 5.56 Å². The van der Waals surface area contributed by atoms with Crippen molar-refractivity contribution in [1.29, 1.82) is 0 Å². The van der Waals surface area contributed by atoms with Crippen LogP contribution in [-0.2, 0) is 16.0 Å². The van der Waals surface area contributed by atoms with Crippen molar-refractivity contribution in [2.24, 2.45) is 0 Å². The van der Waals surface area contributed by atoms with E-state index < -0.39 is 11.8 Å². The van der Waals surface area contributed by atoms with E-state index in [-0.39, 0.29) is 18.8 Å². The van der Waals surface area contributed by atoms with Crippen LogP contribution in [0.5, 0.6) is 5.75 Å². The summed E-state index contributed by atoms with van der Waals surface area (Å²) < 4.78 is 18.1. The molecule has 126 valence electrons. The first-order valence-corrected chi connectivity index (χ1v) is 7.53. The van der Waals surface area contributed by atoms with Crippen LogP contribution in [0.3, 0.4) is 0 Å². The third kappa shape index (κ3) is 5.55. The Labute approximate surface area is 143 Å². The summed E-state index contributed by atoms with van der Waals surface area (Å²) in [4.78, 5) is 23.4. The second-order valence-electron chi connectivity index (χ2n) is 5.10. The molecule has 2 aromatic carbocycles. The molecule has 0 aromatic heterocycles. The van der Waals surface area contributed by atoms with Crippen molar-refractivity contribution in [3.05, 3.63) is 64.4 Å². The summed E-state index contributed by atoms with van der Waals surface area (Å²) in [6.45, 7) is 1.56. The van der Waals surface area contributed by atoms with Gasteiger partial charge in [-0.15, -0.1) is 0 Å². The van der Waals surface area contributed by atoms with Crippen LogP contribution in [0.4, 0.5) is 4.39 Å². The number of carbonyl (C=O) groups excluding carboxylic acids is 2. The molecule has 2 rings (SSSR count). The van der Waals surface area contributed by atoms with E-state index in [0.29, 0.717) is 16.3 Å². The van der Waals surface area contributed by atoms with Gasteiger partial charge in [0.15, 0.2) is 6.61 Å². The van der Waals surface area contributed by atoms with Gasteiger partial charge in [-0.2, -0.15) is 0 Å². The van der Waals surface area contributed by atoms with Crippen LogP contribution < -0.4 is 15.6 Å². The van der Waals surface area contributed by atoms with E-state index >= 15 is 0 Å². The van der Waals surface area contributed by atoms with Gasteiger partial charge in [-0.05, 0) is 48.4 Å². The minimum Gasteiger partial charge on any atom is -0.483 e. The van der Waals surface area contributed by atoms with E-state index in [2.05, 4.69) is 10.9 Å². The number of ether oxygens (including phenoxy) is 1. The molecular weight excluding hydrogens is 335 g/mol. The Kier molecular flexibility index (Phi) is 6.14. The number of benzene rings is 2. The Morgan fingerprint density at radius 2 is 1.75 bits per heavy atom. The zero-order valence-corrected chi connectivity index (χ0v) is 13.7. The van der Waals surface area contributed by atoms with Crippen LogP contribution in [0, 0.1) is 12.7 Å². The molecule has 0 saturated carbocycles. The van der Waals surface area contributed by atoms with Crippen molar-refractivity contribution in [1.82, 2.24) is 10.9 Å². The Hall–Kier alpha value is -2.60. The van der Waals surface area contributed by atoms with E-state index in [1.807, 2.05) is 6.92 Å². The molecule has 0 radical (unpaired) electrons. The number of hydrogen-bond donors (Lipinski definition) is 2. The number of carbonyl (C=O) groups is 2. The Morgan fingerprint density at radius 1 is 1.08 bits per heavy atom. The van der Waals surface area contributed by atoms with E-state index in [9.17, 15) is 14.0 Å². The van der Waals surface area contributed by atoms with Crippen LogP contribution in [0.2, 0.25) is 5.02 Å². The van der Waals surface area contributed by atoms with E-state index in [1.54, 1.807) is 18.2 Å². The number of halogens is 2. The highest BCUT2D eigenvalue weighted by Gasteiger charge is 2.08. The fourth-order valence-electron chi connectivity index (χ4n) is 1.93. The molecule has 7 heteroatoms. The van der Waals surface area contributed by atoms with Crippen LogP contribution in [0.1, 0.15) is 11.1 Å². The molecule has 0 spiro atoms. The van der Waals surface area contributed by atoms with Gasteiger partial charge in [0.05, 0.1) is 6.42 Å². The molecule has 0 aliphatic heterocycles. The standard InChI is InChI=1S/C17H16ClFN2O3/c1-11-8-13(18)4-7-15(11)24-10-17(23)21-20-16(22)9-12-2-5-14(19)6-3-12/h2-8H,9-10H2,1H3,(H,20,22)(H,21,23). The van der Waals surface area contributed by atoms with Crippen molar-refractivity contribution in [3.8, 4) is 5.75 Å². The summed E-state index contributed by atoms with van der Waals surface area (Å²) in [5.74, 6) is -0.760. The molecule has 0 unspecified atom stereocenters. The third-order valence-electron chi connectivity index (χ3n) is 3.12. The van der Waals surface area contributed by atoms with Gasteiger partial charge < -0.3 is 4.74 Å². The Balaban J connectivity index is 1.74. The first kappa shape index (κ1) is 17.7. The molecule has 0 aliphatic carbocycles. The van der Waals surface area contributed by atoms with Crippen molar-refractivity contribution >= 4 is 23.4 Å². The van der Waals surface area contributed by atoms with Crippen LogP contribution in [0.15, 0.2) is 42.5 Å². The predicted molar refractivity (Wildman–Crippen MR) is 88.1 cm³/mol. The molecule has 24 heavy (non-hydrogen) atoms. The first-order chi connectivity index (χ1) is 11.4. The quantitative estimate of drug-likeness (QED) is 0.814. The highest BCUT2D eigenvalue weighted by atomic mass is 35.5. The second kappa shape index (κ2) is 8.31. The lowest BCUT2D eigenvalue weighted by atomic mass is 10.1. The van der Waals surface area contributed by atoms with Gasteiger partial charge in [-0.3, -0.25) is 20.4 Å². The van der Waals surface area contributed by atoms with E-state index in [4.69, 9.17) is 16.3 Å². The average Bonchev–Trinajstić information content (AvgIpc) is 2.54. The number of nitrogens with one attached hydrogen (secondary N) is 2. The second-order valence-corrected chi connectivity index (χ2v) is 5.53. The largest absolute Gasteiger partial charge is 0.483 e. The van der Waals surface area contributed by atoms with Crippen LogP contribution in [-0.4, -0.2) is 18.4 Å². The summed E-state index contributed by atoms with van der Waals surface area (Å²) in [6, 6.07) is 10.6. The van der Waals surface area contributed by atoms with Gasteiger partial charge in [0, 0.05) is 5.02 Å². The lowest BCUT2D eigenvalue weighted by Gasteiger charge is -2.10. The summed E-state index contributed by atoms with van der Waals surface area (Å²) in [7, 11) is 0. The molecular formula is C17H16ClFN2O3. The maximum Gasteiger partial charge on any atom is 0.276 e. The van der Waals surface area contributed by atoms with Crippen molar-refractivity contribution in [2.45, 2.75) is 13.3 Å². The van der Waals surface area contributed by atoms with Crippen molar-refractivity contribution in [2.75, 3.05) is 6.61 Å². The van der Waals surface area contributed by atoms with Gasteiger partial charge in [0.2, 0.25) is 5.91 Å². The molecule has 0 bridgehead atoms. The lowest BCUT2D eigenvalue weighted by molar-refractivity contribution is -0.129. The summed E-state index contributed by atoms with van der Waals surface area (Å²) in [5.41, 5.74) is 5.96. The summed E-state index contributed by atoms with van der Waals surface area (Å²) in [5, 5.41) is 0.581. The van der Waals surface area contributed by atoms with Gasteiger partial charge in [-0.1, -0.05) is 23.7 Å². The molecule has 0 atom stereocenters. The number of aryl methyl sites for hydroxylation is 1. The monoisotopic (exact) mass is 350 g/mol. The van der Waals surface area contributed by atoms with Gasteiger partial charge >= 0.3 is 0 Å². The maximum absolute atomic E-state index is 12.8. The molecule has 0 fully saturated rings. The predicted octanol–water partition coefficient (Wildman–Crippen LogP) is 2.56. The SMILES string of the molecule is Cc1cc(Cl)ccc1OCC(=O)NNC(=O)Cc1ccc(F)cc1. The lowest BCUT2D eigenvalue weighted by Crippen LogP contribution is -2.44. The minimum atomic E-state index is -0.503. The third-order valence-corrected chi connectivity index (χ3v) is 3.35. The highest BCUT2D eigenvalue weighted by molar-refractivity contribution is 6.30. The molecule has 0 heterocycles. The van der Waals surface area contributed by atoms with Crippen LogP contribution >= 0.6 is 11.6 Å². The van der Waals surface area contributed by atoms with Gasteiger partial charge in [0.25, 0.3) is 5.91 Å². The topological polar surface area (TPSA) is 67.4 Å². The Morgan fingerprint density at radius 3 is 2.42 bits per heavy atom. The normalized spacial score (nSPS) is 10.1. The smallest absolute Gasteiger partial charge is 0.276 e. The molecule has 0 aliphatic rings. The molecule has 5 nitrogen and oxygen atoms in total. The summed E-state index contributed by atoms with van der Waals surface area (Å²) in [6.07, 6.45) is 0.0255. The highest BCUT2D eigenvalue weighted by Crippen LogP contribution is 2.21. The summed E-state index contributed by atoms with van der Waals surface area (Å²) >= 11 is 5.84. The number of hydrogen-bond acceptors (Lipinski definition) is 3. The maximum atomic E-state index is 12.8. The minimum absolute atomic E-state index is 0.0255. The number of amides is 2. The zero-order chi connectivity index (χ0) is 17.5. The van der Waals surface area contributed by atoms with E-state index in [1.165, 1.54) is 24.3 Å². The number of rotatable bonds is 5. The van der Waals surface area contributed by atoms with Crippen molar-refractivity contribution in [3.63, 3.8) is 0 Å². The first-order valence-electron chi connectivity index (χ1n) is 7.15. The van der Waals surface area contributed by atoms with Gasteiger partial charge in [0.1, 0.15) is 11.6 Å². The molecule has 2 amide bonds. The number of hydrazine groups is 1. The van der Waals surface area contributed by atoms with Gasteiger partial charge in [-0.25, -0.2) is 4.39 Å². The zero-order valence-electron chi connectivity index (χ0n) is 12.9. The Bertz CT molecular complexity index is 735. The van der Waals surface area contributed by atoms with Crippen LogP contribution in [0.25, 0.3) is 0 Å². The van der Waals surface area contributed by atoms with Crippen molar-refractivity contribution < 1.29 is 18.7 Å². The average molecular weight is 351 g/mol. The molecule has 0 saturated heterocycles. The fraction of sp³-hybridized carbons (Fsp3) is 0.176. The molecule has 2 N–H and O–H groups in total. The molecule has 2 aromatic rings. The fourth-order valence-corrected chi connectivity index (χ4v) is 2.15.